The first-order chi connectivity index (χ1) is 10.0. The van der Waals surface area contributed by atoms with Crippen LogP contribution >= 0.6 is 40.7 Å². The Hall–Kier alpha value is -0.880. The lowest BCUT2D eigenvalue weighted by atomic mass is 10.1. The molecule has 1 aromatic carbocycles. The van der Waals surface area contributed by atoms with Crippen molar-refractivity contribution in [3.8, 4) is 0 Å². The molecule has 1 heterocycles. The van der Waals surface area contributed by atoms with Crippen LogP contribution in [0.5, 0.6) is 0 Å². The number of pyridine rings is 1. The fourth-order valence-corrected chi connectivity index (χ4v) is 2.88. The smallest absolute Gasteiger partial charge is 0.252 e. The van der Waals surface area contributed by atoms with E-state index in [-0.39, 0.29) is 36.8 Å². The maximum atomic E-state index is 12.5. The van der Waals surface area contributed by atoms with Crippen molar-refractivity contribution in [1.29, 1.82) is 0 Å². The second kappa shape index (κ2) is 8.29. The van der Waals surface area contributed by atoms with Crippen LogP contribution in [-0.4, -0.2) is 23.5 Å². The Balaban J connectivity index is 0.00000132. The number of hydrogen-bond acceptors (Lipinski definition) is 3. The van der Waals surface area contributed by atoms with Crippen LogP contribution in [0.4, 0.5) is 0 Å². The van der Waals surface area contributed by atoms with Crippen molar-refractivity contribution in [2.45, 2.75) is 25.8 Å². The van der Waals surface area contributed by atoms with E-state index in [0.29, 0.717) is 18.0 Å². The second-order valence-corrected chi connectivity index (χ2v) is 6.60. The molecule has 1 aliphatic rings. The molecule has 0 radical (unpaired) electrons. The minimum Gasteiger partial charge on any atom is -0.350 e. The van der Waals surface area contributed by atoms with E-state index in [9.17, 15) is 4.79 Å². The molecule has 0 saturated heterocycles. The van der Waals surface area contributed by atoms with Crippen molar-refractivity contribution >= 4 is 57.6 Å². The standard InChI is InChI=1S/C16H18BrN3O.2ClH/c1-9-6-13(12-7-11(17)4-5-15(12)20-9)16(21)19-8-14(18)10-2-3-10;;/h4-7,10,14H,2-3,8,18H2,1H3,(H,19,21);2*1H. The lowest BCUT2D eigenvalue weighted by Gasteiger charge is -2.13. The summed E-state index contributed by atoms with van der Waals surface area (Å²) in [5.74, 6) is 0.495. The molecule has 0 aliphatic heterocycles. The van der Waals surface area contributed by atoms with Crippen molar-refractivity contribution in [3.63, 3.8) is 0 Å². The zero-order chi connectivity index (χ0) is 15.0. The average molecular weight is 421 g/mol. The summed E-state index contributed by atoms with van der Waals surface area (Å²) in [5, 5.41) is 3.81. The Labute approximate surface area is 156 Å². The lowest BCUT2D eigenvalue weighted by molar-refractivity contribution is 0.0952. The van der Waals surface area contributed by atoms with Crippen LogP contribution in [0.25, 0.3) is 10.9 Å². The fourth-order valence-electron chi connectivity index (χ4n) is 2.52. The van der Waals surface area contributed by atoms with E-state index < -0.39 is 0 Å². The van der Waals surface area contributed by atoms with Gasteiger partial charge in [0.05, 0.1) is 11.1 Å². The van der Waals surface area contributed by atoms with Gasteiger partial charge in [-0.2, -0.15) is 0 Å². The molecule has 23 heavy (non-hydrogen) atoms. The number of nitrogens with zero attached hydrogens (tertiary/aromatic N) is 1. The maximum Gasteiger partial charge on any atom is 0.252 e. The molecule has 4 nitrogen and oxygen atoms in total. The summed E-state index contributed by atoms with van der Waals surface area (Å²) >= 11 is 3.44. The van der Waals surface area contributed by atoms with Crippen LogP contribution in [-0.2, 0) is 0 Å². The van der Waals surface area contributed by atoms with Gasteiger partial charge in [-0.25, -0.2) is 0 Å². The first-order valence-electron chi connectivity index (χ1n) is 7.15. The molecule has 1 atom stereocenters. The second-order valence-electron chi connectivity index (χ2n) is 5.68. The van der Waals surface area contributed by atoms with E-state index in [0.717, 1.165) is 21.1 Å². The zero-order valence-corrected chi connectivity index (χ0v) is 15.9. The van der Waals surface area contributed by atoms with Crippen LogP contribution < -0.4 is 11.1 Å². The maximum absolute atomic E-state index is 12.5. The van der Waals surface area contributed by atoms with Gasteiger partial charge in [0.15, 0.2) is 0 Å². The monoisotopic (exact) mass is 419 g/mol. The predicted molar refractivity (Wildman–Crippen MR) is 102 cm³/mol. The number of halogens is 3. The van der Waals surface area contributed by atoms with Crippen LogP contribution in [0.3, 0.4) is 0 Å². The van der Waals surface area contributed by atoms with Gasteiger partial charge >= 0.3 is 0 Å². The molecule has 1 aliphatic carbocycles. The molecule has 1 aromatic heterocycles. The normalized spacial score (nSPS) is 14.6. The Kier molecular flexibility index (Phi) is 7.27. The number of aromatic nitrogens is 1. The number of hydrogen-bond donors (Lipinski definition) is 2. The number of amides is 1. The van der Waals surface area contributed by atoms with E-state index in [4.69, 9.17) is 5.73 Å². The third-order valence-electron chi connectivity index (χ3n) is 3.87. The molecule has 126 valence electrons. The van der Waals surface area contributed by atoms with Gasteiger partial charge in [0, 0.05) is 28.1 Å². The first kappa shape index (κ1) is 20.2. The summed E-state index contributed by atoms with van der Waals surface area (Å²) in [6, 6.07) is 7.66. The summed E-state index contributed by atoms with van der Waals surface area (Å²) in [4.78, 5) is 16.9. The van der Waals surface area contributed by atoms with Crippen molar-refractivity contribution in [2.24, 2.45) is 11.7 Å². The topological polar surface area (TPSA) is 68.0 Å². The van der Waals surface area contributed by atoms with Crippen molar-refractivity contribution in [1.82, 2.24) is 10.3 Å². The van der Waals surface area contributed by atoms with Gasteiger partial charge in [-0.15, -0.1) is 24.8 Å². The number of carbonyl (C=O) groups excluding carboxylic acids is 1. The van der Waals surface area contributed by atoms with Crippen LogP contribution in [0.15, 0.2) is 28.7 Å². The van der Waals surface area contributed by atoms with Gasteiger partial charge in [0.2, 0.25) is 0 Å². The quantitative estimate of drug-likeness (QED) is 0.793. The van der Waals surface area contributed by atoms with Crippen LogP contribution in [0.2, 0.25) is 0 Å². The summed E-state index contributed by atoms with van der Waals surface area (Å²) in [5.41, 5.74) is 8.36. The third kappa shape index (κ3) is 4.80. The average Bonchev–Trinajstić information content (AvgIpc) is 3.28. The van der Waals surface area contributed by atoms with Crippen molar-refractivity contribution in [2.75, 3.05) is 6.54 Å². The molecule has 1 saturated carbocycles. The number of fused-ring (bicyclic) bond motifs is 1. The molecule has 0 spiro atoms. The van der Waals surface area contributed by atoms with Gasteiger partial charge in [0.25, 0.3) is 5.91 Å². The highest BCUT2D eigenvalue weighted by Crippen LogP contribution is 2.31. The lowest BCUT2D eigenvalue weighted by Crippen LogP contribution is -2.38. The number of benzene rings is 1. The molecular formula is C16H20BrCl2N3O. The van der Waals surface area contributed by atoms with E-state index in [2.05, 4.69) is 26.2 Å². The van der Waals surface area contributed by atoms with Crippen LogP contribution in [0, 0.1) is 12.8 Å². The van der Waals surface area contributed by atoms with E-state index in [1.165, 1.54) is 12.8 Å². The Bertz CT molecular complexity index is 707. The largest absolute Gasteiger partial charge is 0.350 e. The first-order valence-corrected chi connectivity index (χ1v) is 7.94. The van der Waals surface area contributed by atoms with Gasteiger partial charge in [-0.3, -0.25) is 9.78 Å². The molecule has 0 bridgehead atoms. The molecular weight excluding hydrogens is 401 g/mol. The highest BCUT2D eigenvalue weighted by molar-refractivity contribution is 9.10. The number of aryl methyl sites for hydroxylation is 1. The summed E-state index contributed by atoms with van der Waals surface area (Å²) in [6.07, 6.45) is 2.36. The molecule has 3 rings (SSSR count). The molecule has 2 aromatic rings. The number of rotatable bonds is 4. The zero-order valence-electron chi connectivity index (χ0n) is 12.7. The van der Waals surface area contributed by atoms with Gasteiger partial charge in [-0.1, -0.05) is 15.9 Å². The minimum atomic E-state index is -0.0836. The predicted octanol–water partition coefficient (Wildman–Crippen LogP) is 3.62. The van der Waals surface area contributed by atoms with Gasteiger partial charge in [-0.05, 0) is 49.9 Å². The highest BCUT2D eigenvalue weighted by atomic mass is 79.9. The highest BCUT2D eigenvalue weighted by Gasteiger charge is 2.28. The third-order valence-corrected chi connectivity index (χ3v) is 4.36. The summed E-state index contributed by atoms with van der Waals surface area (Å²) in [6.45, 7) is 2.43. The Morgan fingerprint density at radius 1 is 1.39 bits per heavy atom. The van der Waals surface area contributed by atoms with Crippen LogP contribution in [0.1, 0.15) is 28.9 Å². The molecule has 1 fully saturated rings. The van der Waals surface area contributed by atoms with Gasteiger partial charge in [0.1, 0.15) is 0 Å². The SMILES string of the molecule is Cc1cc(C(=O)NCC(N)C2CC2)c2cc(Br)ccc2n1.Cl.Cl. The Morgan fingerprint density at radius 3 is 2.74 bits per heavy atom. The number of nitrogens with one attached hydrogen (secondary N) is 1. The summed E-state index contributed by atoms with van der Waals surface area (Å²) < 4.78 is 0.935. The Morgan fingerprint density at radius 2 is 2.09 bits per heavy atom. The molecule has 7 heteroatoms. The van der Waals surface area contributed by atoms with E-state index >= 15 is 0 Å². The minimum absolute atomic E-state index is 0. The molecule has 3 N–H and O–H groups in total. The fraction of sp³-hybridized carbons (Fsp3) is 0.375. The van der Waals surface area contributed by atoms with Gasteiger partial charge < -0.3 is 11.1 Å². The molecule has 1 unspecified atom stereocenters. The van der Waals surface area contributed by atoms with Crippen molar-refractivity contribution < 1.29 is 4.79 Å². The summed E-state index contributed by atoms with van der Waals surface area (Å²) in [7, 11) is 0. The number of nitrogens with two attached hydrogens (primary N) is 1. The number of carbonyl (C=O) groups is 1. The molecule has 1 amide bonds. The van der Waals surface area contributed by atoms with E-state index in [1.54, 1.807) is 0 Å². The van der Waals surface area contributed by atoms with Crippen molar-refractivity contribution in [3.05, 3.63) is 40.0 Å². The van der Waals surface area contributed by atoms with E-state index in [1.807, 2.05) is 31.2 Å².